The Kier molecular flexibility index (Phi) is 3.30. The van der Waals surface area contributed by atoms with Gasteiger partial charge in [-0.2, -0.15) is 13.2 Å². The lowest BCUT2D eigenvalue weighted by Gasteiger charge is -2.33. The molecule has 0 aromatic heterocycles. The first-order chi connectivity index (χ1) is 6.84. The molecule has 5 nitrogen and oxygen atoms in total. The summed E-state index contributed by atoms with van der Waals surface area (Å²) in [7, 11) is 0. The summed E-state index contributed by atoms with van der Waals surface area (Å²) in [5.41, 5.74) is 4.98. The van der Waals surface area contributed by atoms with Crippen molar-refractivity contribution in [3.8, 4) is 0 Å². The molecule has 1 rings (SSSR count). The third-order valence-electron chi connectivity index (χ3n) is 2.01. The predicted molar refractivity (Wildman–Crippen MR) is 43.6 cm³/mol. The zero-order valence-electron chi connectivity index (χ0n) is 7.67. The van der Waals surface area contributed by atoms with Gasteiger partial charge in [-0.3, -0.25) is 19.8 Å². The monoisotopic (exact) mass is 225 g/mol. The lowest BCUT2D eigenvalue weighted by atomic mass is 10.2. The van der Waals surface area contributed by atoms with Gasteiger partial charge in [0.05, 0.1) is 13.1 Å². The van der Waals surface area contributed by atoms with Gasteiger partial charge < -0.3 is 5.73 Å². The lowest BCUT2D eigenvalue weighted by Crippen LogP contribution is -2.60. The molecule has 0 aliphatic carbocycles. The number of nitrogens with zero attached hydrogens (tertiary/aromatic N) is 1. The van der Waals surface area contributed by atoms with Crippen molar-refractivity contribution in [2.45, 2.75) is 12.2 Å². The zero-order valence-corrected chi connectivity index (χ0v) is 7.67. The van der Waals surface area contributed by atoms with Crippen LogP contribution >= 0.6 is 0 Å². The standard InChI is InChI=1S/C7H10F3N3O2/c8-7(9,10)4(1-11)13-2-5(14)12-6(15)3-13/h4H,1-3,11H2,(H,12,14,15). The van der Waals surface area contributed by atoms with Gasteiger partial charge in [0.15, 0.2) is 0 Å². The number of alkyl halides is 3. The summed E-state index contributed by atoms with van der Waals surface area (Å²) in [4.78, 5) is 22.4. The minimum Gasteiger partial charge on any atom is -0.329 e. The number of carbonyl (C=O) groups excluding carboxylic acids is 2. The average Bonchev–Trinajstić information content (AvgIpc) is 1.99. The minimum absolute atomic E-state index is 0.465. The Balaban J connectivity index is 2.76. The van der Waals surface area contributed by atoms with E-state index < -0.39 is 43.7 Å². The van der Waals surface area contributed by atoms with E-state index in [1.54, 1.807) is 0 Å². The van der Waals surface area contributed by atoms with Crippen molar-refractivity contribution in [2.75, 3.05) is 19.6 Å². The van der Waals surface area contributed by atoms with E-state index in [0.717, 1.165) is 4.90 Å². The number of hydrogen-bond acceptors (Lipinski definition) is 4. The second-order valence-corrected chi connectivity index (χ2v) is 3.17. The number of carbonyl (C=O) groups is 2. The number of rotatable bonds is 2. The topological polar surface area (TPSA) is 75.4 Å². The fourth-order valence-electron chi connectivity index (χ4n) is 1.37. The summed E-state index contributed by atoms with van der Waals surface area (Å²) >= 11 is 0. The first kappa shape index (κ1) is 11.9. The zero-order chi connectivity index (χ0) is 11.6. The van der Waals surface area contributed by atoms with E-state index >= 15 is 0 Å². The predicted octanol–water partition coefficient (Wildman–Crippen LogP) is -1.17. The molecular formula is C7H10F3N3O2. The van der Waals surface area contributed by atoms with Crippen LogP contribution in [0.5, 0.6) is 0 Å². The molecule has 1 atom stereocenters. The van der Waals surface area contributed by atoms with Crippen LogP contribution in [-0.4, -0.2) is 48.6 Å². The highest BCUT2D eigenvalue weighted by molar-refractivity contribution is 5.99. The average molecular weight is 225 g/mol. The molecule has 0 aromatic carbocycles. The number of imide groups is 1. The third kappa shape index (κ3) is 2.90. The highest BCUT2D eigenvalue weighted by atomic mass is 19.4. The molecule has 0 spiro atoms. The normalized spacial score (nSPS) is 21.3. The van der Waals surface area contributed by atoms with Crippen molar-refractivity contribution < 1.29 is 22.8 Å². The van der Waals surface area contributed by atoms with Crippen LogP contribution in [0.4, 0.5) is 13.2 Å². The third-order valence-corrected chi connectivity index (χ3v) is 2.01. The van der Waals surface area contributed by atoms with Gasteiger partial charge in [-0.15, -0.1) is 0 Å². The number of nitrogens with two attached hydrogens (primary N) is 1. The van der Waals surface area contributed by atoms with Gasteiger partial charge in [0.1, 0.15) is 6.04 Å². The summed E-state index contributed by atoms with van der Waals surface area (Å²) < 4.78 is 37.2. The van der Waals surface area contributed by atoms with E-state index in [4.69, 9.17) is 5.73 Å². The van der Waals surface area contributed by atoms with E-state index in [1.807, 2.05) is 5.32 Å². The largest absolute Gasteiger partial charge is 0.405 e. The second-order valence-electron chi connectivity index (χ2n) is 3.17. The van der Waals surface area contributed by atoms with Crippen LogP contribution in [0.1, 0.15) is 0 Å². The molecule has 15 heavy (non-hydrogen) atoms. The van der Waals surface area contributed by atoms with E-state index in [0.29, 0.717) is 0 Å². The fourth-order valence-corrected chi connectivity index (χ4v) is 1.37. The Morgan fingerprint density at radius 1 is 1.33 bits per heavy atom. The Morgan fingerprint density at radius 3 is 2.13 bits per heavy atom. The van der Waals surface area contributed by atoms with Gasteiger partial charge in [0, 0.05) is 6.54 Å². The van der Waals surface area contributed by atoms with Crippen LogP contribution in [0, 0.1) is 0 Å². The van der Waals surface area contributed by atoms with E-state index in [9.17, 15) is 22.8 Å². The molecule has 1 fully saturated rings. The van der Waals surface area contributed by atoms with E-state index in [1.165, 1.54) is 0 Å². The lowest BCUT2D eigenvalue weighted by molar-refractivity contribution is -0.184. The van der Waals surface area contributed by atoms with Gasteiger partial charge in [-0.05, 0) is 0 Å². The van der Waals surface area contributed by atoms with Crippen molar-refractivity contribution in [1.29, 1.82) is 0 Å². The number of hydrogen-bond donors (Lipinski definition) is 2. The summed E-state index contributed by atoms with van der Waals surface area (Å²) in [6.07, 6.45) is -4.54. The molecule has 1 aliphatic heterocycles. The van der Waals surface area contributed by atoms with Crippen LogP contribution in [0.15, 0.2) is 0 Å². The minimum atomic E-state index is -4.54. The first-order valence-corrected chi connectivity index (χ1v) is 4.18. The molecule has 86 valence electrons. The van der Waals surface area contributed by atoms with Gasteiger partial charge in [0.25, 0.3) is 0 Å². The maximum atomic E-state index is 12.4. The van der Waals surface area contributed by atoms with Crippen molar-refractivity contribution in [2.24, 2.45) is 5.73 Å². The Labute approximate surface area is 83.4 Å². The highest BCUT2D eigenvalue weighted by Crippen LogP contribution is 2.24. The van der Waals surface area contributed by atoms with Crippen molar-refractivity contribution in [3.63, 3.8) is 0 Å². The van der Waals surface area contributed by atoms with Gasteiger partial charge in [-0.25, -0.2) is 0 Å². The first-order valence-electron chi connectivity index (χ1n) is 4.18. The summed E-state index contributed by atoms with van der Waals surface area (Å²) in [6.45, 7) is -1.61. The Hall–Kier alpha value is -1.15. The van der Waals surface area contributed by atoms with Crippen LogP contribution in [-0.2, 0) is 9.59 Å². The number of amides is 2. The van der Waals surface area contributed by atoms with Crippen LogP contribution < -0.4 is 11.1 Å². The molecule has 8 heteroatoms. The van der Waals surface area contributed by atoms with Crippen molar-refractivity contribution >= 4 is 11.8 Å². The second kappa shape index (κ2) is 4.15. The van der Waals surface area contributed by atoms with Crippen LogP contribution in [0.25, 0.3) is 0 Å². The number of halogens is 3. The molecule has 0 bridgehead atoms. The molecule has 0 radical (unpaired) electrons. The van der Waals surface area contributed by atoms with Gasteiger partial charge in [-0.1, -0.05) is 0 Å². The molecule has 1 heterocycles. The fraction of sp³-hybridized carbons (Fsp3) is 0.714. The molecular weight excluding hydrogens is 215 g/mol. The summed E-state index contributed by atoms with van der Waals surface area (Å²) in [6, 6.07) is -1.95. The molecule has 1 saturated heterocycles. The molecule has 3 N–H and O–H groups in total. The van der Waals surface area contributed by atoms with Crippen LogP contribution in [0.3, 0.4) is 0 Å². The van der Waals surface area contributed by atoms with Crippen molar-refractivity contribution in [3.05, 3.63) is 0 Å². The maximum Gasteiger partial charge on any atom is 0.405 e. The Bertz CT molecular complexity index is 263. The number of nitrogens with one attached hydrogen (secondary N) is 1. The summed E-state index contributed by atoms with van der Waals surface area (Å²) in [5.74, 6) is -1.48. The summed E-state index contributed by atoms with van der Waals surface area (Å²) in [5, 5.41) is 1.91. The highest BCUT2D eigenvalue weighted by Gasteiger charge is 2.44. The smallest absolute Gasteiger partial charge is 0.329 e. The molecule has 2 amide bonds. The van der Waals surface area contributed by atoms with E-state index in [-0.39, 0.29) is 0 Å². The van der Waals surface area contributed by atoms with Crippen LogP contribution in [0.2, 0.25) is 0 Å². The Morgan fingerprint density at radius 2 is 1.80 bits per heavy atom. The molecule has 1 aliphatic rings. The number of piperazine rings is 1. The SMILES string of the molecule is NCC(N1CC(=O)NC(=O)C1)C(F)(F)F. The van der Waals surface area contributed by atoms with Gasteiger partial charge in [0.2, 0.25) is 11.8 Å². The molecule has 0 aromatic rings. The quantitative estimate of drug-likeness (QED) is 0.581. The van der Waals surface area contributed by atoms with E-state index in [2.05, 4.69) is 0 Å². The maximum absolute atomic E-state index is 12.4. The van der Waals surface area contributed by atoms with Gasteiger partial charge >= 0.3 is 6.18 Å². The molecule has 0 saturated carbocycles. The van der Waals surface area contributed by atoms with Crippen molar-refractivity contribution in [1.82, 2.24) is 10.2 Å². The molecule has 1 unspecified atom stereocenters.